The number of hydrogen-bond acceptors (Lipinski definition) is 2. The van der Waals surface area contributed by atoms with Crippen LogP contribution in [-0.2, 0) is 9.53 Å². The summed E-state index contributed by atoms with van der Waals surface area (Å²) >= 11 is 0. The van der Waals surface area contributed by atoms with Crippen molar-refractivity contribution in [3.8, 4) is 0 Å². The molecule has 1 aliphatic heterocycles. The monoisotopic (exact) mass is 350 g/mol. The van der Waals surface area contributed by atoms with E-state index >= 15 is 0 Å². The average molecular weight is 351 g/mol. The molecule has 2 heteroatoms. The maximum absolute atomic E-state index is 12.0. The third-order valence-corrected chi connectivity index (χ3v) is 10.3. The van der Waals surface area contributed by atoms with Crippen LogP contribution in [0.3, 0.4) is 0 Å². The fourth-order valence-electron chi connectivity index (χ4n) is 9.48. The Hall–Kier alpha value is -0.890. The summed E-state index contributed by atoms with van der Waals surface area (Å²) in [6, 6.07) is 0. The summed E-state index contributed by atoms with van der Waals surface area (Å²) in [6.07, 6.45) is 15.7. The van der Waals surface area contributed by atoms with Crippen molar-refractivity contribution in [2.24, 2.45) is 52.8 Å². The van der Waals surface area contributed by atoms with Crippen LogP contribution in [0, 0.1) is 52.8 Å². The molecule has 2 nitrogen and oxygen atoms in total. The van der Waals surface area contributed by atoms with Crippen molar-refractivity contribution >= 4 is 5.78 Å². The molecule has 1 heterocycles. The second-order valence-electron chi connectivity index (χ2n) is 10.6. The van der Waals surface area contributed by atoms with Gasteiger partial charge in [-0.3, -0.25) is 4.79 Å². The quantitative estimate of drug-likeness (QED) is 0.648. The minimum atomic E-state index is 0.0884. The molecule has 0 amide bonds. The highest BCUT2D eigenvalue weighted by Crippen LogP contribution is 2.81. The molecule has 0 radical (unpaired) electrons. The summed E-state index contributed by atoms with van der Waals surface area (Å²) in [5.41, 5.74) is 2.09. The number of allylic oxidation sites excluding steroid dienone is 1. The number of rotatable bonds is 1. The number of ketones is 1. The van der Waals surface area contributed by atoms with Crippen molar-refractivity contribution in [3.63, 3.8) is 0 Å². The van der Waals surface area contributed by atoms with Gasteiger partial charge in [-0.1, -0.05) is 24.6 Å². The number of hydrogen-bond donors (Lipinski definition) is 0. The third kappa shape index (κ3) is 1.49. The van der Waals surface area contributed by atoms with Crippen LogP contribution in [0.15, 0.2) is 23.8 Å². The van der Waals surface area contributed by atoms with Gasteiger partial charge in [-0.2, -0.15) is 0 Å². The minimum absolute atomic E-state index is 0.0884. The molecule has 0 aromatic carbocycles. The first-order chi connectivity index (χ1) is 12.7. The van der Waals surface area contributed by atoms with Gasteiger partial charge in [0.05, 0.1) is 12.2 Å². The van der Waals surface area contributed by atoms with Crippen molar-refractivity contribution in [1.29, 1.82) is 0 Å². The zero-order valence-electron chi connectivity index (χ0n) is 15.8. The van der Waals surface area contributed by atoms with Crippen LogP contribution in [0.1, 0.15) is 51.9 Å². The smallest absolute Gasteiger partial charge is 0.155 e. The lowest BCUT2D eigenvalue weighted by Crippen LogP contribution is -2.56. The Labute approximate surface area is 156 Å². The zero-order chi connectivity index (χ0) is 17.3. The lowest BCUT2D eigenvalue weighted by atomic mass is 9.48. The molecule has 0 saturated heterocycles. The van der Waals surface area contributed by atoms with E-state index in [1.165, 1.54) is 32.1 Å². The second kappa shape index (κ2) is 4.57. The van der Waals surface area contributed by atoms with Crippen molar-refractivity contribution in [2.45, 2.75) is 57.5 Å². The molecular weight excluding hydrogens is 320 g/mol. The van der Waals surface area contributed by atoms with Gasteiger partial charge in [0.2, 0.25) is 0 Å². The molecule has 3 unspecified atom stereocenters. The van der Waals surface area contributed by atoms with Gasteiger partial charge in [0.1, 0.15) is 0 Å². The predicted octanol–water partition coefficient (Wildman–Crippen LogP) is 4.56. The third-order valence-electron chi connectivity index (χ3n) is 10.3. The summed E-state index contributed by atoms with van der Waals surface area (Å²) in [7, 11) is 0. The maximum atomic E-state index is 12.0. The van der Waals surface area contributed by atoms with Crippen LogP contribution in [-0.4, -0.2) is 18.0 Å². The van der Waals surface area contributed by atoms with E-state index in [1.807, 2.05) is 0 Å². The Morgan fingerprint density at radius 1 is 1.15 bits per heavy atom. The molecule has 6 aliphatic carbocycles. The molecule has 0 bridgehead atoms. The maximum Gasteiger partial charge on any atom is 0.155 e. The molecule has 0 N–H and O–H groups in total. The van der Waals surface area contributed by atoms with Crippen LogP contribution >= 0.6 is 0 Å². The number of ether oxygens (including phenoxy) is 1. The van der Waals surface area contributed by atoms with E-state index in [1.54, 1.807) is 5.57 Å². The van der Waals surface area contributed by atoms with E-state index in [0.29, 0.717) is 11.2 Å². The first-order valence-corrected chi connectivity index (χ1v) is 11.3. The zero-order valence-corrected chi connectivity index (χ0v) is 15.8. The Morgan fingerprint density at radius 3 is 2.88 bits per heavy atom. The van der Waals surface area contributed by atoms with Gasteiger partial charge in [0.15, 0.2) is 5.78 Å². The lowest BCUT2D eigenvalue weighted by Gasteiger charge is -2.58. The molecule has 26 heavy (non-hydrogen) atoms. The lowest BCUT2D eigenvalue weighted by molar-refractivity contribution is -0.145. The first kappa shape index (κ1) is 15.1. The molecular formula is C24H30O2. The predicted molar refractivity (Wildman–Crippen MR) is 99.3 cm³/mol. The van der Waals surface area contributed by atoms with Crippen LogP contribution in [0.5, 0.6) is 0 Å². The van der Waals surface area contributed by atoms with E-state index in [-0.39, 0.29) is 5.60 Å². The molecule has 7 aliphatic rings. The fraction of sp³-hybridized carbons (Fsp3) is 0.792. The standard InChI is InChI=1S/C24H30O2/c1-2-23-8-6-15-14-5-4-13(25)10-16(14)17-11-18(17)21(15)22(23)19-12-20(19)24(23)7-3-9-26-24/h3,7,10,14-15,17-22H,2,4-6,8-9,11-12H2,1H3/t14-,15?,17+,18+,19-,20+,21?,22?,23+,24+/m1/s1. The van der Waals surface area contributed by atoms with Crippen molar-refractivity contribution in [2.75, 3.05) is 6.61 Å². The Balaban J connectivity index is 1.34. The SMILES string of the molecule is CC[C@]12CCC3C(C1[C@@H]1C[C@@H]1[C@@]21C=CCO1)[C@H]1C[C@H]1C1=CC(=O)CC[C@@H]13. The highest BCUT2D eigenvalue weighted by Gasteiger charge is 2.79. The van der Waals surface area contributed by atoms with E-state index in [9.17, 15) is 4.79 Å². The van der Waals surface area contributed by atoms with E-state index in [2.05, 4.69) is 25.2 Å². The molecule has 5 fully saturated rings. The summed E-state index contributed by atoms with van der Waals surface area (Å²) in [5.74, 6) is 7.25. The van der Waals surface area contributed by atoms with Gasteiger partial charge < -0.3 is 4.74 Å². The van der Waals surface area contributed by atoms with E-state index in [0.717, 1.165) is 66.8 Å². The molecule has 1 spiro atoms. The number of carbonyl (C=O) groups excluding carboxylic acids is 1. The molecule has 0 aromatic heterocycles. The fourth-order valence-corrected chi connectivity index (χ4v) is 9.48. The molecule has 0 aromatic rings. The van der Waals surface area contributed by atoms with Gasteiger partial charge in [0.25, 0.3) is 0 Å². The minimum Gasteiger partial charge on any atom is -0.366 e. The van der Waals surface area contributed by atoms with Crippen molar-refractivity contribution < 1.29 is 9.53 Å². The van der Waals surface area contributed by atoms with Crippen LogP contribution in [0.4, 0.5) is 0 Å². The molecule has 10 atom stereocenters. The van der Waals surface area contributed by atoms with Gasteiger partial charge in [-0.15, -0.1) is 0 Å². The molecule has 138 valence electrons. The van der Waals surface area contributed by atoms with Gasteiger partial charge >= 0.3 is 0 Å². The van der Waals surface area contributed by atoms with Crippen molar-refractivity contribution in [1.82, 2.24) is 0 Å². The number of carbonyl (C=O) groups is 1. The molecule has 7 rings (SSSR count). The van der Waals surface area contributed by atoms with Crippen LogP contribution in [0.2, 0.25) is 0 Å². The summed E-state index contributed by atoms with van der Waals surface area (Å²) < 4.78 is 6.60. The summed E-state index contributed by atoms with van der Waals surface area (Å²) in [6.45, 7) is 3.29. The first-order valence-electron chi connectivity index (χ1n) is 11.3. The van der Waals surface area contributed by atoms with E-state index < -0.39 is 0 Å². The highest BCUT2D eigenvalue weighted by atomic mass is 16.5. The largest absolute Gasteiger partial charge is 0.366 e. The van der Waals surface area contributed by atoms with Gasteiger partial charge in [0, 0.05) is 11.8 Å². The molecule has 5 saturated carbocycles. The Morgan fingerprint density at radius 2 is 2.08 bits per heavy atom. The summed E-state index contributed by atoms with van der Waals surface area (Å²) in [4.78, 5) is 12.0. The Bertz CT molecular complexity index is 764. The van der Waals surface area contributed by atoms with Crippen LogP contribution in [0.25, 0.3) is 0 Å². The summed E-state index contributed by atoms with van der Waals surface area (Å²) in [5, 5.41) is 0. The second-order valence-corrected chi connectivity index (χ2v) is 10.6. The average Bonchev–Trinajstić information content (AvgIpc) is 3.56. The normalized spacial score (nSPS) is 60.7. The van der Waals surface area contributed by atoms with Crippen LogP contribution < -0.4 is 0 Å². The topological polar surface area (TPSA) is 26.3 Å². The Kier molecular flexibility index (Phi) is 2.65. The highest BCUT2D eigenvalue weighted by molar-refractivity contribution is 5.91. The number of fused-ring (bicyclic) bond motifs is 12. The van der Waals surface area contributed by atoms with Gasteiger partial charge in [-0.25, -0.2) is 0 Å². The van der Waals surface area contributed by atoms with E-state index in [4.69, 9.17) is 4.74 Å². The van der Waals surface area contributed by atoms with Gasteiger partial charge in [-0.05, 0) is 91.9 Å². The van der Waals surface area contributed by atoms with Crippen molar-refractivity contribution in [3.05, 3.63) is 23.8 Å².